The van der Waals surface area contributed by atoms with Crippen molar-refractivity contribution in [1.82, 2.24) is 4.90 Å². The van der Waals surface area contributed by atoms with Gasteiger partial charge in [0.15, 0.2) is 0 Å². The number of hydrogen-bond acceptors (Lipinski definition) is 2. The van der Waals surface area contributed by atoms with Crippen LogP contribution in [0.4, 0.5) is 0 Å². The van der Waals surface area contributed by atoms with Crippen LogP contribution in [0.3, 0.4) is 0 Å². The first kappa shape index (κ1) is 16.1. The maximum Gasteiger partial charge on any atom is 0.122 e. The van der Waals surface area contributed by atoms with E-state index in [1.54, 1.807) is 0 Å². The van der Waals surface area contributed by atoms with Crippen molar-refractivity contribution in [1.29, 1.82) is 0 Å². The summed E-state index contributed by atoms with van der Waals surface area (Å²) in [5.41, 5.74) is 2.60. The van der Waals surface area contributed by atoms with Crippen molar-refractivity contribution in [2.24, 2.45) is 0 Å². The fourth-order valence-corrected chi connectivity index (χ4v) is 3.37. The Kier molecular flexibility index (Phi) is 5.71. The summed E-state index contributed by atoms with van der Waals surface area (Å²) >= 11 is 0. The summed E-state index contributed by atoms with van der Waals surface area (Å²) in [5, 5.41) is 0. The van der Waals surface area contributed by atoms with Gasteiger partial charge in [-0.3, -0.25) is 4.90 Å². The number of benzene rings is 2. The average Bonchev–Trinajstić information content (AvgIpc) is 2.59. The standard InChI is InChI=1S/C21H27NO/c1-18-9-7-8-14-22(18)15-16-23-21-13-6-5-12-20(21)17-19-10-3-2-4-11-19/h2-6,10-13,18H,7-9,14-17H2,1H3/t18-/m0/s1. The molecule has 2 heteroatoms. The highest BCUT2D eigenvalue weighted by Gasteiger charge is 2.17. The molecule has 2 aromatic carbocycles. The molecule has 0 N–H and O–H groups in total. The zero-order chi connectivity index (χ0) is 15.9. The van der Waals surface area contributed by atoms with Gasteiger partial charge in [-0.1, -0.05) is 55.0 Å². The summed E-state index contributed by atoms with van der Waals surface area (Å²) in [7, 11) is 0. The van der Waals surface area contributed by atoms with Crippen molar-refractivity contribution < 1.29 is 4.74 Å². The van der Waals surface area contributed by atoms with E-state index >= 15 is 0 Å². The summed E-state index contributed by atoms with van der Waals surface area (Å²) in [6.07, 6.45) is 4.95. The van der Waals surface area contributed by atoms with Crippen LogP contribution in [-0.4, -0.2) is 30.6 Å². The zero-order valence-corrected chi connectivity index (χ0v) is 14.1. The molecule has 23 heavy (non-hydrogen) atoms. The Hall–Kier alpha value is -1.80. The van der Waals surface area contributed by atoms with Crippen molar-refractivity contribution in [3.63, 3.8) is 0 Å². The number of likely N-dealkylation sites (tertiary alicyclic amines) is 1. The molecule has 1 heterocycles. The molecule has 0 bridgehead atoms. The molecule has 1 saturated heterocycles. The number of para-hydroxylation sites is 1. The van der Waals surface area contributed by atoms with Gasteiger partial charge in [0.05, 0.1) is 0 Å². The van der Waals surface area contributed by atoms with E-state index in [4.69, 9.17) is 4.74 Å². The van der Waals surface area contributed by atoms with Crippen LogP contribution in [0, 0.1) is 0 Å². The highest BCUT2D eigenvalue weighted by atomic mass is 16.5. The van der Waals surface area contributed by atoms with Crippen LogP contribution in [0.15, 0.2) is 54.6 Å². The third kappa shape index (κ3) is 4.59. The number of hydrogen-bond donors (Lipinski definition) is 0. The van der Waals surface area contributed by atoms with E-state index in [9.17, 15) is 0 Å². The third-order valence-corrected chi connectivity index (χ3v) is 4.79. The minimum Gasteiger partial charge on any atom is -0.492 e. The van der Waals surface area contributed by atoms with Gasteiger partial charge in [-0.25, -0.2) is 0 Å². The Labute approximate surface area is 140 Å². The van der Waals surface area contributed by atoms with Gasteiger partial charge in [-0.15, -0.1) is 0 Å². The number of nitrogens with zero attached hydrogens (tertiary/aromatic N) is 1. The van der Waals surface area contributed by atoms with E-state index < -0.39 is 0 Å². The highest BCUT2D eigenvalue weighted by molar-refractivity contribution is 5.37. The van der Waals surface area contributed by atoms with Gasteiger partial charge in [0.2, 0.25) is 0 Å². The number of ether oxygens (including phenoxy) is 1. The zero-order valence-electron chi connectivity index (χ0n) is 14.1. The Bertz CT molecular complexity index is 596. The van der Waals surface area contributed by atoms with Crippen LogP contribution in [0.5, 0.6) is 5.75 Å². The van der Waals surface area contributed by atoms with E-state index in [0.29, 0.717) is 6.04 Å². The fourth-order valence-electron chi connectivity index (χ4n) is 3.37. The van der Waals surface area contributed by atoms with Crippen LogP contribution >= 0.6 is 0 Å². The molecule has 0 aromatic heterocycles. The van der Waals surface area contributed by atoms with Crippen LogP contribution in [0.2, 0.25) is 0 Å². The van der Waals surface area contributed by atoms with E-state index in [1.807, 2.05) is 0 Å². The topological polar surface area (TPSA) is 12.5 Å². The molecule has 1 fully saturated rings. The summed E-state index contributed by atoms with van der Waals surface area (Å²) < 4.78 is 6.12. The van der Waals surface area contributed by atoms with Gasteiger partial charge >= 0.3 is 0 Å². The molecule has 3 rings (SSSR count). The molecule has 1 atom stereocenters. The summed E-state index contributed by atoms with van der Waals surface area (Å²) in [6, 6.07) is 19.7. The van der Waals surface area contributed by atoms with E-state index in [2.05, 4.69) is 66.4 Å². The van der Waals surface area contributed by atoms with E-state index in [-0.39, 0.29) is 0 Å². The predicted molar refractivity (Wildman–Crippen MR) is 96.1 cm³/mol. The Morgan fingerprint density at radius 2 is 1.78 bits per heavy atom. The molecular formula is C21H27NO. The van der Waals surface area contributed by atoms with Gasteiger partial charge in [0.25, 0.3) is 0 Å². The number of piperidine rings is 1. The molecule has 1 aliphatic rings. The van der Waals surface area contributed by atoms with Crippen LogP contribution in [0.1, 0.15) is 37.3 Å². The van der Waals surface area contributed by atoms with E-state index in [1.165, 1.54) is 36.9 Å². The minimum absolute atomic E-state index is 0.701. The average molecular weight is 309 g/mol. The van der Waals surface area contributed by atoms with Crippen LogP contribution < -0.4 is 4.74 Å². The molecule has 2 aromatic rings. The van der Waals surface area contributed by atoms with Gasteiger partial charge < -0.3 is 4.74 Å². The fraction of sp³-hybridized carbons (Fsp3) is 0.429. The first-order chi connectivity index (χ1) is 11.3. The van der Waals surface area contributed by atoms with Crippen molar-refractivity contribution in [3.05, 3.63) is 65.7 Å². The Morgan fingerprint density at radius 3 is 2.61 bits per heavy atom. The first-order valence-electron chi connectivity index (χ1n) is 8.81. The summed E-state index contributed by atoms with van der Waals surface area (Å²) in [6.45, 7) is 5.36. The van der Waals surface area contributed by atoms with Crippen molar-refractivity contribution in [3.8, 4) is 5.75 Å². The van der Waals surface area contributed by atoms with Crippen molar-refractivity contribution >= 4 is 0 Å². The van der Waals surface area contributed by atoms with Crippen molar-refractivity contribution in [2.75, 3.05) is 19.7 Å². The quantitative estimate of drug-likeness (QED) is 0.777. The Balaban J connectivity index is 1.57. The van der Waals surface area contributed by atoms with Gasteiger partial charge in [0, 0.05) is 19.0 Å². The summed E-state index contributed by atoms with van der Waals surface area (Å²) in [4.78, 5) is 2.56. The van der Waals surface area contributed by atoms with Crippen LogP contribution in [0.25, 0.3) is 0 Å². The van der Waals surface area contributed by atoms with Crippen LogP contribution in [-0.2, 0) is 6.42 Å². The van der Waals surface area contributed by atoms with Gasteiger partial charge in [0.1, 0.15) is 12.4 Å². The lowest BCUT2D eigenvalue weighted by Crippen LogP contribution is -2.39. The number of rotatable bonds is 6. The largest absolute Gasteiger partial charge is 0.492 e. The smallest absolute Gasteiger partial charge is 0.122 e. The lowest BCUT2D eigenvalue weighted by atomic mass is 10.0. The second-order valence-electron chi connectivity index (χ2n) is 6.50. The predicted octanol–water partition coefficient (Wildman–Crippen LogP) is 4.53. The third-order valence-electron chi connectivity index (χ3n) is 4.79. The molecule has 0 radical (unpaired) electrons. The molecule has 0 amide bonds. The molecule has 0 unspecified atom stereocenters. The monoisotopic (exact) mass is 309 g/mol. The summed E-state index contributed by atoms with van der Waals surface area (Å²) in [5.74, 6) is 1.03. The van der Waals surface area contributed by atoms with Gasteiger partial charge in [-0.05, 0) is 43.5 Å². The van der Waals surface area contributed by atoms with Gasteiger partial charge in [-0.2, -0.15) is 0 Å². The Morgan fingerprint density at radius 1 is 1.00 bits per heavy atom. The second kappa shape index (κ2) is 8.16. The SMILES string of the molecule is C[C@H]1CCCCN1CCOc1ccccc1Cc1ccccc1. The highest BCUT2D eigenvalue weighted by Crippen LogP contribution is 2.22. The second-order valence-corrected chi connectivity index (χ2v) is 6.50. The maximum atomic E-state index is 6.12. The minimum atomic E-state index is 0.701. The molecule has 0 aliphatic carbocycles. The molecule has 0 spiro atoms. The normalized spacial score (nSPS) is 18.7. The van der Waals surface area contributed by atoms with E-state index in [0.717, 1.165) is 25.3 Å². The molecule has 0 saturated carbocycles. The molecular weight excluding hydrogens is 282 g/mol. The van der Waals surface area contributed by atoms with Crippen molar-refractivity contribution in [2.45, 2.75) is 38.6 Å². The lowest BCUT2D eigenvalue weighted by molar-refractivity contribution is 0.133. The molecule has 1 aliphatic heterocycles. The molecule has 2 nitrogen and oxygen atoms in total. The first-order valence-corrected chi connectivity index (χ1v) is 8.81. The maximum absolute atomic E-state index is 6.12. The molecule has 122 valence electrons. The lowest BCUT2D eigenvalue weighted by Gasteiger charge is -2.33.